The fraction of sp³-hybridized carbons (Fsp3) is 0.200. The lowest BCUT2D eigenvalue weighted by Crippen LogP contribution is -2.14. The Labute approximate surface area is 132 Å². The van der Waals surface area contributed by atoms with E-state index in [0.717, 1.165) is 0 Å². The third-order valence-corrected chi connectivity index (χ3v) is 3.70. The molecule has 0 saturated heterocycles. The van der Waals surface area contributed by atoms with E-state index in [0.29, 0.717) is 27.1 Å². The molecule has 21 heavy (non-hydrogen) atoms. The molecule has 0 spiro atoms. The molecule has 0 aliphatic rings. The summed E-state index contributed by atoms with van der Waals surface area (Å²) in [6.45, 7) is 0. The standard InChI is InChI=1S/C15H14Cl2FNO2/c1-20-13-6-10(12(18)7-14(13)21-2)15(19)9-4-3-8(16)5-11(9)17/h3-7,15H,19H2,1-2H3. The van der Waals surface area contributed by atoms with Gasteiger partial charge in [-0.05, 0) is 23.8 Å². The molecule has 0 bridgehead atoms. The number of hydrogen-bond donors (Lipinski definition) is 1. The molecule has 2 N–H and O–H groups in total. The fourth-order valence-corrected chi connectivity index (χ4v) is 2.56. The highest BCUT2D eigenvalue weighted by molar-refractivity contribution is 6.35. The summed E-state index contributed by atoms with van der Waals surface area (Å²) >= 11 is 12.0. The van der Waals surface area contributed by atoms with Gasteiger partial charge in [0, 0.05) is 21.7 Å². The van der Waals surface area contributed by atoms with E-state index in [4.69, 9.17) is 38.4 Å². The van der Waals surface area contributed by atoms with Gasteiger partial charge >= 0.3 is 0 Å². The van der Waals surface area contributed by atoms with Crippen molar-refractivity contribution < 1.29 is 13.9 Å². The molecule has 0 heterocycles. The Hall–Kier alpha value is -1.49. The van der Waals surface area contributed by atoms with E-state index >= 15 is 0 Å². The summed E-state index contributed by atoms with van der Waals surface area (Å²) in [6.07, 6.45) is 0. The third kappa shape index (κ3) is 3.23. The number of nitrogens with two attached hydrogens (primary N) is 1. The maximum absolute atomic E-state index is 14.2. The van der Waals surface area contributed by atoms with Gasteiger partial charge in [-0.1, -0.05) is 29.3 Å². The second-order valence-electron chi connectivity index (χ2n) is 4.37. The molecule has 0 radical (unpaired) electrons. The fourth-order valence-electron chi connectivity index (χ4n) is 2.03. The van der Waals surface area contributed by atoms with Crippen molar-refractivity contribution >= 4 is 23.2 Å². The van der Waals surface area contributed by atoms with Gasteiger partial charge in [-0.2, -0.15) is 0 Å². The lowest BCUT2D eigenvalue weighted by atomic mass is 9.98. The van der Waals surface area contributed by atoms with Gasteiger partial charge in [0.1, 0.15) is 5.82 Å². The van der Waals surface area contributed by atoms with Crippen LogP contribution >= 0.6 is 23.2 Å². The monoisotopic (exact) mass is 329 g/mol. The molecule has 0 saturated carbocycles. The van der Waals surface area contributed by atoms with Crippen molar-refractivity contribution in [2.24, 2.45) is 5.73 Å². The molecule has 6 heteroatoms. The largest absolute Gasteiger partial charge is 0.493 e. The lowest BCUT2D eigenvalue weighted by molar-refractivity contribution is 0.351. The van der Waals surface area contributed by atoms with Crippen molar-refractivity contribution in [2.75, 3.05) is 14.2 Å². The van der Waals surface area contributed by atoms with Crippen molar-refractivity contribution in [3.63, 3.8) is 0 Å². The number of hydrogen-bond acceptors (Lipinski definition) is 3. The van der Waals surface area contributed by atoms with Gasteiger partial charge in [0.25, 0.3) is 0 Å². The van der Waals surface area contributed by atoms with Crippen LogP contribution in [-0.4, -0.2) is 14.2 Å². The molecule has 3 nitrogen and oxygen atoms in total. The van der Waals surface area contributed by atoms with Crippen LogP contribution in [0.25, 0.3) is 0 Å². The molecular formula is C15H14Cl2FNO2. The van der Waals surface area contributed by atoms with Crippen molar-refractivity contribution in [3.8, 4) is 11.5 Å². The Balaban J connectivity index is 2.50. The van der Waals surface area contributed by atoms with Gasteiger partial charge in [-0.15, -0.1) is 0 Å². The highest BCUT2D eigenvalue weighted by Crippen LogP contribution is 2.35. The van der Waals surface area contributed by atoms with E-state index < -0.39 is 11.9 Å². The van der Waals surface area contributed by atoms with Gasteiger partial charge in [0.15, 0.2) is 11.5 Å². The summed E-state index contributed by atoms with van der Waals surface area (Å²) in [4.78, 5) is 0. The van der Waals surface area contributed by atoms with E-state index in [2.05, 4.69) is 0 Å². The first-order chi connectivity index (χ1) is 9.97. The molecule has 2 rings (SSSR count). The summed E-state index contributed by atoms with van der Waals surface area (Å²) in [6, 6.07) is 6.89. The molecule has 1 atom stereocenters. The second kappa shape index (κ2) is 6.52. The minimum Gasteiger partial charge on any atom is -0.493 e. The van der Waals surface area contributed by atoms with Crippen LogP contribution in [0.1, 0.15) is 17.2 Å². The van der Waals surface area contributed by atoms with E-state index in [1.807, 2.05) is 0 Å². The zero-order valence-electron chi connectivity index (χ0n) is 11.5. The van der Waals surface area contributed by atoms with Gasteiger partial charge < -0.3 is 15.2 Å². The molecule has 0 aliphatic carbocycles. The van der Waals surface area contributed by atoms with Crippen LogP contribution in [0.2, 0.25) is 10.0 Å². The molecule has 0 aliphatic heterocycles. The first-order valence-corrected chi connectivity index (χ1v) is 6.85. The van der Waals surface area contributed by atoms with Gasteiger partial charge in [-0.25, -0.2) is 4.39 Å². The minimum absolute atomic E-state index is 0.261. The van der Waals surface area contributed by atoms with Crippen LogP contribution in [0.3, 0.4) is 0 Å². The van der Waals surface area contributed by atoms with E-state index in [9.17, 15) is 4.39 Å². The smallest absolute Gasteiger partial charge is 0.163 e. The van der Waals surface area contributed by atoms with E-state index in [-0.39, 0.29) is 5.56 Å². The van der Waals surface area contributed by atoms with Crippen molar-refractivity contribution in [3.05, 3.63) is 57.3 Å². The number of benzene rings is 2. The molecule has 0 amide bonds. The Morgan fingerprint density at radius 3 is 2.19 bits per heavy atom. The zero-order valence-corrected chi connectivity index (χ0v) is 13.0. The van der Waals surface area contributed by atoms with Crippen LogP contribution in [0, 0.1) is 5.82 Å². The molecule has 2 aromatic carbocycles. The van der Waals surface area contributed by atoms with Crippen molar-refractivity contribution in [2.45, 2.75) is 6.04 Å². The molecular weight excluding hydrogens is 316 g/mol. The first kappa shape index (κ1) is 15.9. The quantitative estimate of drug-likeness (QED) is 0.914. The van der Waals surface area contributed by atoms with E-state index in [1.54, 1.807) is 18.2 Å². The maximum Gasteiger partial charge on any atom is 0.163 e. The second-order valence-corrected chi connectivity index (χ2v) is 5.22. The number of rotatable bonds is 4. The van der Waals surface area contributed by atoms with Gasteiger partial charge in [-0.3, -0.25) is 0 Å². The molecule has 0 aromatic heterocycles. The third-order valence-electron chi connectivity index (χ3n) is 3.14. The normalized spacial score (nSPS) is 12.1. The summed E-state index contributed by atoms with van der Waals surface area (Å²) in [7, 11) is 2.91. The van der Waals surface area contributed by atoms with Crippen LogP contribution < -0.4 is 15.2 Å². The Kier molecular flexibility index (Phi) is 4.93. The molecule has 2 aromatic rings. The topological polar surface area (TPSA) is 44.5 Å². The average molecular weight is 330 g/mol. The summed E-state index contributed by atoms with van der Waals surface area (Å²) in [5.74, 6) is 0.203. The summed E-state index contributed by atoms with van der Waals surface area (Å²) in [5.41, 5.74) is 6.96. The number of methoxy groups -OCH3 is 2. The minimum atomic E-state index is -0.741. The lowest BCUT2D eigenvalue weighted by Gasteiger charge is -2.17. The van der Waals surface area contributed by atoms with Crippen LogP contribution in [0.4, 0.5) is 4.39 Å². The predicted molar refractivity (Wildman–Crippen MR) is 82.0 cm³/mol. The number of halogens is 3. The molecule has 1 unspecified atom stereocenters. The Morgan fingerprint density at radius 1 is 1.00 bits per heavy atom. The first-order valence-electron chi connectivity index (χ1n) is 6.10. The van der Waals surface area contributed by atoms with Crippen LogP contribution in [-0.2, 0) is 0 Å². The van der Waals surface area contributed by atoms with Crippen LogP contribution in [0.15, 0.2) is 30.3 Å². The highest BCUT2D eigenvalue weighted by atomic mass is 35.5. The van der Waals surface area contributed by atoms with Gasteiger partial charge in [0.2, 0.25) is 0 Å². The average Bonchev–Trinajstić information content (AvgIpc) is 2.46. The Bertz CT molecular complexity index is 664. The predicted octanol–water partition coefficient (Wildman–Crippen LogP) is 4.20. The summed E-state index contributed by atoms with van der Waals surface area (Å²) in [5, 5.41) is 0.868. The van der Waals surface area contributed by atoms with Crippen molar-refractivity contribution in [1.29, 1.82) is 0 Å². The highest BCUT2D eigenvalue weighted by Gasteiger charge is 2.20. The maximum atomic E-state index is 14.2. The summed E-state index contributed by atoms with van der Waals surface area (Å²) < 4.78 is 24.4. The van der Waals surface area contributed by atoms with Crippen LogP contribution in [0.5, 0.6) is 11.5 Å². The zero-order chi connectivity index (χ0) is 15.6. The Morgan fingerprint density at radius 2 is 1.62 bits per heavy atom. The number of ether oxygens (including phenoxy) is 2. The van der Waals surface area contributed by atoms with Gasteiger partial charge in [0.05, 0.1) is 20.3 Å². The van der Waals surface area contributed by atoms with Crippen molar-refractivity contribution in [1.82, 2.24) is 0 Å². The SMILES string of the molecule is COc1cc(F)c(C(N)c2ccc(Cl)cc2Cl)cc1OC. The molecule has 0 fully saturated rings. The van der Waals surface area contributed by atoms with E-state index in [1.165, 1.54) is 26.4 Å². The molecule has 112 valence electrons.